The fourth-order valence-electron chi connectivity index (χ4n) is 1.97. The van der Waals surface area contributed by atoms with E-state index in [0.29, 0.717) is 23.6 Å². The lowest BCUT2D eigenvalue weighted by Gasteiger charge is -2.11. The van der Waals surface area contributed by atoms with Crippen molar-refractivity contribution in [2.75, 3.05) is 14.2 Å². The zero-order valence-corrected chi connectivity index (χ0v) is 10.9. The Morgan fingerprint density at radius 2 is 1.53 bits per heavy atom. The molecule has 0 bridgehead atoms. The van der Waals surface area contributed by atoms with Crippen LogP contribution in [0.1, 0.15) is 5.56 Å². The summed E-state index contributed by atoms with van der Waals surface area (Å²) in [7, 11) is 3.09. The highest BCUT2D eigenvalue weighted by molar-refractivity contribution is 5.69. The molecule has 19 heavy (non-hydrogen) atoms. The molecule has 4 heteroatoms. The van der Waals surface area contributed by atoms with Gasteiger partial charge in [-0.2, -0.15) is 0 Å². The minimum Gasteiger partial charge on any atom is -0.497 e. The van der Waals surface area contributed by atoms with Crippen molar-refractivity contribution < 1.29 is 13.9 Å². The Balaban J connectivity index is 2.52. The first kappa shape index (κ1) is 13.4. The van der Waals surface area contributed by atoms with Crippen molar-refractivity contribution in [2.45, 2.75) is 6.54 Å². The molecule has 2 rings (SSSR count). The molecule has 100 valence electrons. The van der Waals surface area contributed by atoms with Gasteiger partial charge in [-0.25, -0.2) is 4.39 Å². The molecule has 0 spiro atoms. The average molecular weight is 261 g/mol. The van der Waals surface area contributed by atoms with E-state index < -0.39 is 0 Å². The van der Waals surface area contributed by atoms with E-state index in [2.05, 4.69) is 0 Å². The van der Waals surface area contributed by atoms with Crippen molar-refractivity contribution >= 4 is 0 Å². The number of hydrogen-bond donors (Lipinski definition) is 1. The van der Waals surface area contributed by atoms with Gasteiger partial charge in [-0.1, -0.05) is 6.07 Å². The van der Waals surface area contributed by atoms with Gasteiger partial charge in [0.05, 0.1) is 14.2 Å². The van der Waals surface area contributed by atoms with E-state index in [-0.39, 0.29) is 5.82 Å². The molecule has 0 radical (unpaired) electrons. The summed E-state index contributed by atoms with van der Waals surface area (Å²) in [5, 5.41) is 0. The number of halogens is 1. The summed E-state index contributed by atoms with van der Waals surface area (Å²) in [5.41, 5.74) is 7.82. The molecule has 0 aliphatic carbocycles. The minimum atomic E-state index is -0.334. The van der Waals surface area contributed by atoms with Gasteiger partial charge < -0.3 is 15.2 Å². The average Bonchev–Trinajstić information content (AvgIpc) is 2.46. The number of ether oxygens (including phenoxy) is 2. The fraction of sp³-hybridized carbons (Fsp3) is 0.200. The maximum Gasteiger partial charge on any atom is 0.134 e. The van der Waals surface area contributed by atoms with E-state index in [1.165, 1.54) is 13.2 Å². The smallest absolute Gasteiger partial charge is 0.134 e. The second-order valence-corrected chi connectivity index (χ2v) is 4.07. The number of benzene rings is 2. The molecular formula is C15H16FNO2. The Kier molecular flexibility index (Phi) is 4.02. The highest BCUT2D eigenvalue weighted by Crippen LogP contribution is 2.31. The van der Waals surface area contributed by atoms with Crippen LogP contribution in [0.3, 0.4) is 0 Å². The summed E-state index contributed by atoms with van der Waals surface area (Å²) in [5.74, 6) is 0.862. The molecule has 0 saturated carbocycles. The molecule has 0 aliphatic heterocycles. The lowest BCUT2D eigenvalue weighted by Crippen LogP contribution is -2.01. The van der Waals surface area contributed by atoms with Gasteiger partial charge in [0.1, 0.15) is 17.3 Å². The van der Waals surface area contributed by atoms with Gasteiger partial charge in [0, 0.05) is 18.2 Å². The Hall–Kier alpha value is -2.07. The van der Waals surface area contributed by atoms with Gasteiger partial charge in [-0.15, -0.1) is 0 Å². The van der Waals surface area contributed by atoms with E-state index in [0.717, 1.165) is 11.1 Å². The molecule has 2 aromatic rings. The Labute approximate surface area is 111 Å². The fourth-order valence-corrected chi connectivity index (χ4v) is 1.97. The van der Waals surface area contributed by atoms with Crippen LogP contribution in [0.4, 0.5) is 4.39 Å². The summed E-state index contributed by atoms with van der Waals surface area (Å²) in [4.78, 5) is 0. The first-order valence-electron chi connectivity index (χ1n) is 5.90. The van der Waals surface area contributed by atoms with Crippen LogP contribution in [0.5, 0.6) is 11.5 Å². The van der Waals surface area contributed by atoms with E-state index in [9.17, 15) is 4.39 Å². The third-order valence-electron chi connectivity index (χ3n) is 3.00. The summed E-state index contributed by atoms with van der Waals surface area (Å²) in [6.07, 6.45) is 0. The largest absolute Gasteiger partial charge is 0.497 e. The lowest BCUT2D eigenvalue weighted by molar-refractivity contribution is 0.411. The van der Waals surface area contributed by atoms with Crippen molar-refractivity contribution in [3.8, 4) is 22.6 Å². The van der Waals surface area contributed by atoms with Crippen molar-refractivity contribution in [1.29, 1.82) is 0 Å². The molecule has 0 fully saturated rings. The molecule has 0 atom stereocenters. The Bertz CT molecular complexity index is 584. The maximum atomic E-state index is 14.1. The van der Waals surface area contributed by atoms with Gasteiger partial charge in [-0.3, -0.25) is 0 Å². The maximum absolute atomic E-state index is 14.1. The van der Waals surface area contributed by atoms with Crippen molar-refractivity contribution in [3.05, 3.63) is 47.8 Å². The third-order valence-corrected chi connectivity index (χ3v) is 3.00. The number of nitrogens with two attached hydrogens (primary N) is 1. The normalized spacial score (nSPS) is 10.3. The van der Waals surface area contributed by atoms with Crippen LogP contribution < -0.4 is 15.2 Å². The second kappa shape index (κ2) is 5.71. The lowest BCUT2D eigenvalue weighted by atomic mass is 9.98. The molecule has 2 N–H and O–H groups in total. The van der Waals surface area contributed by atoms with E-state index in [4.69, 9.17) is 15.2 Å². The molecule has 0 aliphatic rings. The van der Waals surface area contributed by atoms with E-state index >= 15 is 0 Å². The Morgan fingerprint density at radius 3 is 2.05 bits per heavy atom. The quantitative estimate of drug-likeness (QED) is 0.920. The van der Waals surface area contributed by atoms with Crippen LogP contribution in [0, 0.1) is 5.82 Å². The third kappa shape index (κ3) is 2.69. The number of rotatable bonds is 4. The van der Waals surface area contributed by atoms with Gasteiger partial charge in [0.25, 0.3) is 0 Å². The standard InChI is InChI=1S/C15H16FNO2/c1-18-11-3-5-13(10(7-11)9-17)14-6-4-12(19-2)8-15(14)16/h3-8H,9,17H2,1-2H3. The predicted octanol–water partition coefficient (Wildman–Crippen LogP) is 2.97. The summed E-state index contributed by atoms with van der Waals surface area (Å²) in [6.45, 7) is 0.317. The van der Waals surface area contributed by atoms with Crippen molar-refractivity contribution in [2.24, 2.45) is 5.73 Å². The van der Waals surface area contributed by atoms with E-state index in [1.54, 1.807) is 25.3 Å². The molecular weight excluding hydrogens is 245 g/mol. The summed E-state index contributed by atoms with van der Waals surface area (Å²) >= 11 is 0. The zero-order chi connectivity index (χ0) is 13.8. The van der Waals surface area contributed by atoms with Crippen LogP contribution in [-0.2, 0) is 6.54 Å². The molecule has 0 amide bonds. The highest BCUT2D eigenvalue weighted by atomic mass is 19.1. The molecule has 2 aromatic carbocycles. The first-order chi connectivity index (χ1) is 9.19. The van der Waals surface area contributed by atoms with Gasteiger partial charge in [0.2, 0.25) is 0 Å². The monoisotopic (exact) mass is 261 g/mol. The van der Waals surface area contributed by atoms with Crippen molar-refractivity contribution in [1.82, 2.24) is 0 Å². The minimum absolute atomic E-state index is 0.317. The topological polar surface area (TPSA) is 44.5 Å². The summed E-state index contributed by atoms with van der Waals surface area (Å²) < 4.78 is 24.2. The van der Waals surface area contributed by atoms with E-state index in [1.807, 2.05) is 12.1 Å². The van der Waals surface area contributed by atoms with Gasteiger partial charge in [-0.05, 0) is 35.4 Å². The van der Waals surface area contributed by atoms with Crippen LogP contribution in [0.2, 0.25) is 0 Å². The molecule has 0 saturated heterocycles. The SMILES string of the molecule is COc1ccc(-c2ccc(OC)cc2CN)c(F)c1. The van der Waals surface area contributed by atoms with Crippen LogP contribution in [0.25, 0.3) is 11.1 Å². The predicted molar refractivity (Wildman–Crippen MR) is 72.8 cm³/mol. The van der Waals surface area contributed by atoms with Crippen LogP contribution in [-0.4, -0.2) is 14.2 Å². The van der Waals surface area contributed by atoms with Gasteiger partial charge >= 0.3 is 0 Å². The number of hydrogen-bond acceptors (Lipinski definition) is 3. The number of methoxy groups -OCH3 is 2. The van der Waals surface area contributed by atoms with Crippen molar-refractivity contribution in [3.63, 3.8) is 0 Å². The molecule has 0 heterocycles. The van der Waals surface area contributed by atoms with Gasteiger partial charge in [0.15, 0.2) is 0 Å². The second-order valence-electron chi connectivity index (χ2n) is 4.07. The zero-order valence-electron chi connectivity index (χ0n) is 10.9. The molecule has 0 unspecified atom stereocenters. The summed E-state index contributed by atoms with van der Waals surface area (Å²) in [6, 6.07) is 10.2. The first-order valence-corrected chi connectivity index (χ1v) is 5.90. The van der Waals surface area contributed by atoms with Crippen LogP contribution in [0.15, 0.2) is 36.4 Å². The Morgan fingerprint density at radius 1 is 0.947 bits per heavy atom. The van der Waals surface area contributed by atoms with Crippen LogP contribution >= 0.6 is 0 Å². The molecule has 0 aromatic heterocycles. The molecule has 3 nitrogen and oxygen atoms in total. The highest BCUT2D eigenvalue weighted by Gasteiger charge is 2.11.